The van der Waals surface area contributed by atoms with Crippen molar-refractivity contribution in [3.8, 4) is 0 Å². The fourth-order valence-corrected chi connectivity index (χ4v) is 2.60. The summed E-state index contributed by atoms with van der Waals surface area (Å²) in [6, 6.07) is 9.35. The molecule has 3 aromatic rings. The second kappa shape index (κ2) is 4.27. The summed E-state index contributed by atoms with van der Waals surface area (Å²) in [5.41, 5.74) is 8.15. The van der Waals surface area contributed by atoms with E-state index in [9.17, 15) is 4.79 Å². The largest absolute Gasteiger partial charge is 0.399 e. The molecular formula is C13H11N3OS. The molecule has 1 aromatic carbocycles. The Balaban J connectivity index is 2.02. The molecule has 18 heavy (non-hydrogen) atoms. The van der Waals surface area contributed by atoms with Crippen LogP contribution in [0.4, 0.5) is 5.69 Å². The van der Waals surface area contributed by atoms with Gasteiger partial charge in [-0.2, -0.15) is 0 Å². The second-order valence-electron chi connectivity index (χ2n) is 4.05. The number of benzene rings is 1. The van der Waals surface area contributed by atoms with Crippen molar-refractivity contribution in [1.82, 2.24) is 9.55 Å². The second-order valence-corrected chi connectivity index (χ2v) is 4.97. The number of hydrogen-bond acceptors (Lipinski definition) is 4. The summed E-state index contributed by atoms with van der Waals surface area (Å²) in [4.78, 5) is 16.4. The Labute approximate surface area is 107 Å². The van der Waals surface area contributed by atoms with E-state index in [0.29, 0.717) is 11.2 Å². The Morgan fingerprint density at radius 1 is 1.22 bits per heavy atom. The van der Waals surface area contributed by atoms with Crippen molar-refractivity contribution in [3.63, 3.8) is 0 Å². The van der Waals surface area contributed by atoms with Gasteiger partial charge in [-0.25, -0.2) is 4.98 Å². The minimum atomic E-state index is 0.00632. The van der Waals surface area contributed by atoms with Crippen LogP contribution in [0, 0.1) is 0 Å². The maximum absolute atomic E-state index is 12.2. The smallest absolute Gasteiger partial charge is 0.271 e. The first-order chi connectivity index (χ1) is 8.74. The number of thiophene rings is 1. The molecule has 0 aliphatic rings. The molecule has 90 valence electrons. The first-order valence-electron chi connectivity index (χ1n) is 5.51. The number of nitrogens with zero attached hydrogens (tertiary/aromatic N) is 2. The third-order valence-corrected chi connectivity index (χ3v) is 3.66. The number of aromatic nitrogens is 2. The van der Waals surface area contributed by atoms with Gasteiger partial charge in [-0.05, 0) is 29.1 Å². The van der Waals surface area contributed by atoms with Gasteiger partial charge in [0.2, 0.25) is 0 Å². The van der Waals surface area contributed by atoms with Crippen LogP contribution < -0.4 is 11.3 Å². The van der Waals surface area contributed by atoms with E-state index in [1.165, 1.54) is 11.3 Å². The molecule has 3 rings (SSSR count). The van der Waals surface area contributed by atoms with Crippen molar-refractivity contribution in [3.05, 3.63) is 58.0 Å². The van der Waals surface area contributed by atoms with Crippen molar-refractivity contribution in [2.45, 2.75) is 6.54 Å². The SMILES string of the molecule is Nc1ccc(Cn2cnc3ccsc3c2=O)cc1. The predicted molar refractivity (Wildman–Crippen MR) is 73.8 cm³/mol. The Morgan fingerprint density at radius 3 is 2.78 bits per heavy atom. The van der Waals surface area contributed by atoms with Gasteiger partial charge in [0.05, 0.1) is 18.4 Å². The van der Waals surface area contributed by atoms with Crippen LogP contribution in [0.3, 0.4) is 0 Å². The molecule has 0 spiro atoms. The molecule has 0 radical (unpaired) electrons. The van der Waals surface area contributed by atoms with Crippen molar-refractivity contribution in [1.29, 1.82) is 0 Å². The third-order valence-electron chi connectivity index (χ3n) is 2.77. The number of hydrogen-bond donors (Lipinski definition) is 1. The van der Waals surface area contributed by atoms with Gasteiger partial charge in [0.1, 0.15) is 4.70 Å². The number of fused-ring (bicyclic) bond motifs is 1. The molecule has 0 aliphatic heterocycles. The number of nitrogens with two attached hydrogens (primary N) is 1. The highest BCUT2D eigenvalue weighted by molar-refractivity contribution is 7.17. The van der Waals surface area contributed by atoms with Gasteiger partial charge in [-0.1, -0.05) is 12.1 Å². The van der Waals surface area contributed by atoms with Gasteiger partial charge >= 0.3 is 0 Å². The molecule has 0 unspecified atom stereocenters. The van der Waals surface area contributed by atoms with Crippen LogP contribution >= 0.6 is 11.3 Å². The minimum Gasteiger partial charge on any atom is -0.399 e. The Morgan fingerprint density at radius 2 is 2.00 bits per heavy atom. The molecule has 4 nitrogen and oxygen atoms in total. The zero-order chi connectivity index (χ0) is 12.5. The number of rotatable bonds is 2. The van der Waals surface area contributed by atoms with Gasteiger partial charge < -0.3 is 5.73 Å². The summed E-state index contributed by atoms with van der Waals surface area (Å²) in [7, 11) is 0. The van der Waals surface area contributed by atoms with Crippen LogP contribution in [-0.4, -0.2) is 9.55 Å². The summed E-state index contributed by atoms with van der Waals surface area (Å²) in [5.74, 6) is 0. The molecule has 0 saturated heterocycles. The molecule has 2 heterocycles. The quantitative estimate of drug-likeness (QED) is 0.715. The highest BCUT2D eigenvalue weighted by Gasteiger charge is 2.05. The summed E-state index contributed by atoms with van der Waals surface area (Å²) in [6.45, 7) is 0.514. The maximum Gasteiger partial charge on any atom is 0.271 e. The van der Waals surface area contributed by atoms with Gasteiger partial charge in [0.25, 0.3) is 5.56 Å². The van der Waals surface area contributed by atoms with Crippen LogP contribution in [0.1, 0.15) is 5.56 Å². The zero-order valence-corrected chi connectivity index (χ0v) is 10.4. The van der Waals surface area contributed by atoms with Crippen LogP contribution in [-0.2, 0) is 6.54 Å². The molecule has 5 heteroatoms. The molecule has 0 bridgehead atoms. The van der Waals surface area contributed by atoms with Gasteiger partial charge in [0, 0.05) is 5.69 Å². The molecule has 0 amide bonds. The van der Waals surface area contributed by atoms with E-state index in [2.05, 4.69) is 4.98 Å². The fourth-order valence-electron chi connectivity index (χ4n) is 1.81. The molecule has 2 aromatic heterocycles. The first-order valence-corrected chi connectivity index (χ1v) is 6.39. The number of anilines is 1. The lowest BCUT2D eigenvalue weighted by Gasteiger charge is -2.05. The highest BCUT2D eigenvalue weighted by Crippen LogP contribution is 2.14. The molecule has 0 saturated carbocycles. The lowest BCUT2D eigenvalue weighted by molar-refractivity contribution is 0.750. The Hall–Kier alpha value is -2.14. The van der Waals surface area contributed by atoms with Crippen LogP contribution in [0.2, 0.25) is 0 Å². The zero-order valence-electron chi connectivity index (χ0n) is 9.54. The van der Waals surface area contributed by atoms with E-state index in [4.69, 9.17) is 5.73 Å². The first kappa shape index (κ1) is 11.0. The molecule has 0 aliphatic carbocycles. The number of nitrogen functional groups attached to an aromatic ring is 1. The standard InChI is InChI=1S/C13H11N3OS/c14-10-3-1-9(2-4-10)7-16-8-15-11-5-6-18-12(11)13(16)17/h1-6,8H,7,14H2. The van der Waals surface area contributed by atoms with Crippen molar-refractivity contribution >= 4 is 27.2 Å². The van der Waals surface area contributed by atoms with E-state index in [0.717, 1.165) is 16.8 Å². The van der Waals surface area contributed by atoms with Gasteiger partial charge in [0.15, 0.2) is 0 Å². The van der Waals surface area contributed by atoms with Crippen molar-refractivity contribution in [2.75, 3.05) is 5.73 Å². The van der Waals surface area contributed by atoms with Crippen molar-refractivity contribution in [2.24, 2.45) is 0 Å². The normalized spacial score (nSPS) is 10.9. The van der Waals surface area contributed by atoms with Crippen LogP contribution in [0.15, 0.2) is 46.8 Å². The summed E-state index contributed by atoms with van der Waals surface area (Å²) < 4.78 is 2.32. The predicted octanol–water partition coefficient (Wildman–Crippen LogP) is 2.09. The molecular weight excluding hydrogens is 246 g/mol. The van der Waals surface area contributed by atoms with E-state index >= 15 is 0 Å². The van der Waals surface area contributed by atoms with Crippen LogP contribution in [0.25, 0.3) is 10.2 Å². The maximum atomic E-state index is 12.2. The monoisotopic (exact) mass is 257 g/mol. The lowest BCUT2D eigenvalue weighted by atomic mass is 10.2. The highest BCUT2D eigenvalue weighted by atomic mass is 32.1. The van der Waals surface area contributed by atoms with E-state index < -0.39 is 0 Å². The lowest BCUT2D eigenvalue weighted by Crippen LogP contribution is -2.20. The summed E-state index contributed by atoms with van der Waals surface area (Å²) in [6.07, 6.45) is 1.59. The van der Waals surface area contributed by atoms with Crippen LogP contribution in [0.5, 0.6) is 0 Å². The van der Waals surface area contributed by atoms with E-state index in [1.807, 2.05) is 35.7 Å². The summed E-state index contributed by atoms with van der Waals surface area (Å²) in [5, 5.41) is 1.88. The van der Waals surface area contributed by atoms with Gasteiger partial charge in [-0.3, -0.25) is 9.36 Å². The van der Waals surface area contributed by atoms with Gasteiger partial charge in [-0.15, -0.1) is 11.3 Å². The topological polar surface area (TPSA) is 60.9 Å². The minimum absolute atomic E-state index is 0.00632. The molecule has 0 fully saturated rings. The Bertz CT molecular complexity index is 743. The van der Waals surface area contributed by atoms with E-state index in [1.54, 1.807) is 10.9 Å². The van der Waals surface area contributed by atoms with E-state index in [-0.39, 0.29) is 5.56 Å². The molecule has 2 N–H and O–H groups in total. The summed E-state index contributed by atoms with van der Waals surface area (Å²) >= 11 is 1.43. The van der Waals surface area contributed by atoms with Crippen molar-refractivity contribution < 1.29 is 0 Å². The third kappa shape index (κ3) is 1.89. The Kier molecular flexibility index (Phi) is 2.60. The fraction of sp³-hybridized carbons (Fsp3) is 0.0769. The average molecular weight is 257 g/mol. The molecule has 0 atom stereocenters. The average Bonchev–Trinajstić information content (AvgIpc) is 2.84.